The Morgan fingerprint density at radius 1 is 1.37 bits per heavy atom. The van der Waals surface area contributed by atoms with Crippen LogP contribution in [0.3, 0.4) is 0 Å². The van der Waals surface area contributed by atoms with Gasteiger partial charge in [0.05, 0.1) is 6.61 Å². The SMILES string of the molecule is Cc1ccc(C(C)C)c(OCCC2CCCNC2)c1. The molecule has 1 N–H and O–H groups in total. The van der Waals surface area contributed by atoms with Crippen molar-refractivity contribution in [2.45, 2.75) is 46.0 Å². The van der Waals surface area contributed by atoms with Crippen LogP contribution in [0.2, 0.25) is 0 Å². The van der Waals surface area contributed by atoms with E-state index in [1.807, 2.05) is 0 Å². The van der Waals surface area contributed by atoms with E-state index in [1.54, 1.807) is 0 Å². The van der Waals surface area contributed by atoms with Crippen molar-refractivity contribution in [3.05, 3.63) is 29.3 Å². The van der Waals surface area contributed by atoms with E-state index < -0.39 is 0 Å². The summed E-state index contributed by atoms with van der Waals surface area (Å²) in [6.07, 6.45) is 3.83. The molecule has 0 bridgehead atoms. The van der Waals surface area contributed by atoms with E-state index >= 15 is 0 Å². The summed E-state index contributed by atoms with van der Waals surface area (Å²) in [4.78, 5) is 0. The molecule has 0 aromatic heterocycles. The molecule has 0 aliphatic carbocycles. The van der Waals surface area contributed by atoms with Gasteiger partial charge in [0.1, 0.15) is 5.75 Å². The first kappa shape index (κ1) is 14.4. The molecule has 106 valence electrons. The lowest BCUT2D eigenvalue weighted by Crippen LogP contribution is -2.30. The van der Waals surface area contributed by atoms with Crippen LogP contribution in [0.1, 0.15) is 50.2 Å². The Hall–Kier alpha value is -1.02. The number of nitrogens with one attached hydrogen (secondary N) is 1. The van der Waals surface area contributed by atoms with Crippen LogP contribution in [0.15, 0.2) is 18.2 Å². The van der Waals surface area contributed by atoms with E-state index in [9.17, 15) is 0 Å². The van der Waals surface area contributed by atoms with Crippen LogP contribution in [0, 0.1) is 12.8 Å². The van der Waals surface area contributed by atoms with Crippen LogP contribution in [0.25, 0.3) is 0 Å². The number of piperidine rings is 1. The lowest BCUT2D eigenvalue weighted by atomic mass is 9.96. The summed E-state index contributed by atoms with van der Waals surface area (Å²) in [7, 11) is 0. The van der Waals surface area contributed by atoms with Gasteiger partial charge in [-0.3, -0.25) is 0 Å². The molecule has 1 atom stereocenters. The van der Waals surface area contributed by atoms with Gasteiger partial charge in [0.2, 0.25) is 0 Å². The van der Waals surface area contributed by atoms with Gasteiger partial charge in [-0.1, -0.05) is 26.0 Å². The highest BCUT2D eigenvalue weighted by Crippen LogP contribution is 2.28. The molecule has 1 aliphatic rings. The Labute approximate surface area is 117 Å². The Morgan fingerprint density at radius 2 is 2.21 bits per heavy atom. The van der Waals surface area contributed by atoms with Gasteiger partial charge in [-0.25, -0.2) is 0 Å². The molecule has 1 heterocycles. The van der Waals surface area contributed by atoms with Gasteiger partial charge in [-0.05, 0) is 68.3 Å². The fourth-order valence-electron chi connectivity index (χ4n) is 2.75. The maximum atomic E-state index is 6.05. The number of hydrogen-bond donors (Lipinski definition) is 1. The van der Waals surface area contributed by atoms with Crippen molar-refractivity contribution < 1.29 is 4.74 Å². The number of benzene rings is 1. The van der Waals surface area contributed by atoms with E-state index in [-0.39, 0.29) is 0 Å². The molecule has 2 rings (SSSR count). The van der Waals surface area contributed by atoms with E-state index in [4.69, 9.17) is 4.74 Å². The fraction of sp³-hybridized carbons (Fsp3) is 0.647. The van der Waals surface area contributed by atoms with Gasteiger partial charge in [0.25, 0.3) is 0 Å². The quantitative estimate of drug-likeness (QED) is 0.868. The molecule has 1 aliphatic heterocycles. The molecular formula is C17H27NO. The summed E-state index contributed by atoms with van der Waals surface area (Å²) >= 11 is 0. The monoisotopic (exact) mass is 261 g/mol. The second-order valence-electron chi connectivity index (χ2n) is 6.05. The van der Waals surface area contributed by atoms with Crippen molar-refractivity contribution >= 4 is 0 Å². The predicted molar refractivity (Wildman–Crippen MR) is 81.0 cm³/mol. The Balaban J connectivity index is 1.89. The zero-order valence-corrected chi connectivity index (χ0v) is 12.5. The Kier molecular flexibility index (Phi) is 5.26. The Bertz CT molecular complexity index is 394. The molecular weight excluding hydrogens is 234 g/mol. The summed E-state index contributed by atoms with van der Waals surface area (Å²) in [6.45, 7) is 9.77. The third kappa shape index (κ3) is 4.24. The van der Waals surface area contributed by atoms with Gasteiger partial charge in [0, 0.05) is 0 Å². The van der Waals surface area contributed by atoms with Crippen LogP contribution in [0.5, 0.6) is 5.75 Å². The second-order valence-corrected chi connectivity index (χ2v) is 6.05. The van der Waals surface area contributed by atoms with Gasteiger partial charge in [-0.2, -0.15) is 0 Å². The number of rotatable bonds is 5. The summed E-state index contributed by atoms with van der Waals surface area (Å²) < 4.78 is 6.05. The fourth-order valence-corrected chi connectivity index (χ4v) is 2.75. The van der Waals surface area contributed by atoms with E-state index in [1.165, 1.54) is 36.9 Å². The molecule has 2 heteroatoms. The summed E-state index contributed by atoms with van der Waals surface area (Å²) in [5.74, 6) is 2.40. The van der Waals surface area contributed by atoms with Crippen molar-refractivity contribution in [2.24, 2.45) is 5.92 Å². The number of aryl methyl sites for hydroxylation is 1. The van der Waals surface area contributed by atoms with Crippen LogP contribution < -0.4 is 10.1 Å². The van der Waals surface area contributed by atoms with Crippen molar-refractivity contribution in [1.29, 1.82) is 0 Å². The van der Waals surface area contributed by atoms with Gasteiger partial charge >= 0.3 is 0 Å². The summed E-state index contributed by atoms with van der Waals surface area (Å²) in [6, 6.07) is 6.55. The van der Waals surface area contributed by atoms with Crippen LogP contribution in [-0.2, 0) is 0 Å². The summed E-state index contributed by atoms with van der Waals surface area (Å²) in [5, 5.41) is 3.47. The minimum absolute atomic E-state index is 0.520. The van der Waals surface area contributed by atoms with Crippen molar-refractivity contribution in [1.82, 2.24) is 5.32 Å². The first-order valence-electron chi connectivity index (χ1n) is 7.61. The summed E-state index contributed by atoms with van der Waals surface area (Å²) in [5.41, 5.74) is 2.60. The highest BCUT2D eigenvalue weighted by molar-refractivity contribution is 5.39. The average Bonchev–Trinajstić information content (AvgIpc) is 2.39. The zero-order chi connectivity index (χ0) is 13.7. The normalized spacial score (nSPS) is 19.7. The van der Waals surface area contributed by atoms with Crippen molar-refractivity contribution in [3.63, 3.8) is 0 Å². The maximum absolute atomic E-state index is 6.05. The van der Waals surface area contributed by atoms with Crippen LogP contribution in [0.4, 0.5) is 0 Å². The van der Waals surface area contributed by atoms with E-state index in [0.717, 1.165) is 24.8 Å². The molecule has 1 saturated heterocycles. The first-order valence-corrected chi connectivity index (χ1v) is 7.61. The van der Waals surface area contributed by atoms with Gasteiger partial charge < -0.3 is 10.1 Å². The predicted octanol–water partition coefficient (Wildman–Crippen LogP) is 3.89. The van der Waals surface area contributed by atoms with E-state index in [0.29, 0.717) is 5.92 Å². The zero-order valence-electron chi connectivity index (χ0n) is 12.5. The van der Waals surface area contributed by atoms with Gasteiger partial charge in [0.15, 0.2) is 0 Å². The number of hydrogen-bond acceptors (Lipinski definition) is 2. The van der Waals surface area contributed by atoms with Crippen LogP contribution >= 0.6 is 0 Å². The Morgan fingerprint density at radius 3 is 2.89 bits per heavy atom. The smallest absolute Gasteiger partial charge is 0.122 e. The van der Waals surface area contributed by atoms with Crippen molar-refractivity contribution in [3.8, 4) is 5.75 Å². The van der Waals surface area contributed by atoms with Gasteiger partial charge in [-0.15, -0.1) is 0 Å². The molecule has 0 spiro atoms. The first-order chi connectivity index (χ1) is 9.16. The maximum Gasteiger partial charge on any atom is 0.122 e. The minimum Gasteiger partial charge on any atom is -0.493 e. The molecule has 0 amide bonds. The number of ether oxygens (including phenoxy) is 1. The third-order valence-corrected chi connectivity index (χ3v) is 3.97. The average molecular weight is 261 g/mol. The van der Waals surface area contributed by atoms with E-state index in [2.05, 4.69) is 44.3 Å². The van der Waals surface area contributed by atoms with Crippen molar-refractivity contribution in [2.75, 3.05) is 19.7 Å². The lowest BCUT2D eigenvalue weighted by Gasteiger charge is -2.23. The van der Waals surface area contributed by atoms with Crippen LogP contribution in [-0.4, -0.2) is 19.7 Å². The molecule has 1 unspecified atom stereocenters. The largest absolute Gasteiger partial charge is 0.493 e. The topological polar surface area (TPSA) is 21.3 Å². The third-order valence-electron chi connectivity index (χ3n) is 3.97. The highest BCUT2D eigenvalue weighted by Gasteiger charge is 2.13. The highest BCUT2D eigenvalue weighted by atomic mass is 16.5. The molecule has 19 heavy (non-hydrogen) atoms. The lowest BCUT2D eigenvalue weighted by molar-refractivity contribution is 0.252. The molecule has 1 aromatic carbocycles. The minimum atomic E-state index is 0.520. The molecule has 0 radical (unpaired) electrons. The molecule has 1 fully saturated rings. The second kappa shape index (κ2) is 6.95. The molecule has 0 saturated carbocycles. The standard InChI is InChI=1S/C17H27NO/c1-13(2)16-7-6-14(3)11-17(16)19-10-8-15-5-4-9-18-12-15/h6-7,11,13,15,18H,4-5,8-10,12H2,1-3H3. The molecule has 2 nitrogen and oxygen atoms in total. The molecule has 1 aromatic rings.